The molecule has 0 aliphatic rings. The summed E-state index contributed by atoms with van der Waals surface area (Å²) in [6.07, 6.45) is -8.18. The van der Waals surface area contributed by atoms with Gasteiger partial charge in [0.1, 0.15) is 18.3 Å². The zero-order valence-electron chi connectivity index (χ0n) is 16.1. The van der Waals surface area contributed by atoms with E-state index in [9.17, 15) is 59.4 Å². The summed E-state index contributed by atoms with van der Waals surface area (Å²) < 4.78 is 0. The van der Waals surface area contributed by atoms with Crippen molar-refractivity contribution in [3.05, 3.63) is 0 Å². The van der Waals surface area contributed by atoms with Gasteiger partial charge in [-0.15, -0.1) is 0 Å². The van der Waals surface area contributed by atoms with Crippen LogP contribution >= 0.6 is 34.8 Å². The van der Waals surface area contributed by atoms with E-state index in [0.717, 1.165) is 0 Å². The standard InChI is InChI=1S/3C4H5ClO6.2Al/c3*5-4(11,3(9)10)1(6)2(7)8;;/h3*1,6,11H,(H,7,8)(H,9,10);;/q;;;2*+3/p-6. The van der Waals surface area contributed by atoms with Crippen molar-refractivity contribution in [1.82, 2.24) is 0 Å². The molecule has 18 nitrogen and oxygen atoms in total. The van der Waals surface area contributed by atoms with Crippen LogP contribution in [0.1, 0.15) is 0 Å². The number of alkyl halides is 3. The number of aliphatic hydroxyl groups excluding tert-OH is 3. The molecule has 6 atom stereocenters. The van der Waals surface area contributed by atoms with Crippen molar-refractivity contribution >= 4 is 105 Å². The number of hydrogen-bond acceptors (Lipinski definition) is 18. The predicted molar refractivity (Wildman–Crippen MR) is 92.0 cm³/mol. The van der Waals surface area contributed by atoms with Crippen LogP contribution in [0.2, 0.25) is 0 Å². The second-order valence-corrected chi connectivity index (χ2v) is 6.78. The van der Waals surface area contributed by atoms with Crippen LogP contribution in [-0.4, -0.2) is 135 Å². The Labute approximate surface area is 228 Å². The van der Waals surface area contributed by atoms with E-state index in [1.165, 1.54) is 0 Å². The van der Waals surface area contributed by atoms with Crippen LogP contribution < -0.4 is 30.6 Å². The molecular formula is C12H9Al2Cl3O18. The fourth-order valence-corrected chi connectivity index (χ4v) is 1.07. The Morgan fingerprint density at radius 3 is 0.629 bits per heavy atom. The average Bonchev–Trinajstić information content (AvgIpc) is 2.66. The molecular weight excluding hydrogens is 592 g/mol. The number of halogens is 3. The zero-order valence-corrected chi connectivity index (χ0v) is 20.7. The molecule has 192 valence electrons. The Kier molecular flexibility index (Phi) is 21.2. The number of aliphatic hydroxyl groups is 6. The van der Waals surface area contributed by atoms with Crippen LogP contribution in [0.5, 0.6) is 0 Å². The Balaban J connectivity index is -0.000000125. The topological polar surface area (TPSA) is 362 Å². The van der Waals surface area contributed by atoms with Crippen LogP contribution in [0.15, 0.2) is 0 Å². The minimum Gasteiger partial charge on any atom is -0.547 e. The summed E-state index contributed by atoms with van der Waals surface area (Å²) in [5.74, 6) is -13.5. The molecule has 0 saturated heterocycles. The zero-order chi connectivity index (χ0) is 27.7. The van der Waals surface area contributed by atoms with E-state index < -0.39 is 69.3 Å². The van der Waals surface area contributed by atoms with Crippen molar-refractivity contribution < 1.29 is 90.0 Å². The minimum atomic E-state index is -3.35. The summed E-state index contributed by atoms with van der Waals surface area (Å²) in [4.78, 5) is 58.7. The molecule has 0 amide bonds. The maximum Gasteiger partial charge on any atom is 3.00 e. The van der Waals surface area contributed by atoms with Crippen molar-refractivity contribution in [3.8, 4) is 0 Å². The van der Waals surface area contributed by atoms with E-state index in [-0.39, 0.29) is 34.7 Å². The van der Waals surface area contributed by atoms with Crippen molar-refractivity contribution in [2.24, 2.45) is 0 Å². The Morgan fingerprint density at radius 2 is 0.600 bits per heavy atom. The molecule has 6 N–H and O–H groups in total. The van der Waals surface area contributed by atoms with E-state index in [2.05, 4.69) is 34.8 Å². The van der Waals surface area contributed by atoms with Gasteiger partial charge in [0.2, 0.25) is 15.2 Å². The first-order valence-corrected chi connectivity index (χ1v) is 8.08. The second kappa shape index (κ2) is 17.1. The van der Waals surface area contributed by atoms with Crippen LogP contribution in [0, 0.1) is 0 Å². The van der Waals surface area contributed by atoms with Crippen LogP contribution in [0.3, 0.4) is 0 Å². The maximum absolute atomic E-state index is 9.82. The summed E-state index contributed by atoms with van der Waals surface area (Å²) in [7, 11) is 0. The molecule has 23 heteroatoms. The number of rotatable bonds is 9. The van der Waals surface area contributed by atoms with Gasteiger partial charge in [-0.05, 0) is 0 Å². The smallest absolute Gasteiger partial charge is 0.547 e. The van der Waals surface area contributed by atoms with Gasteiger partial charge in [0, 0.05) is 0 Å². The van der Waals surface area contributed by atoms with Gasteiger partial charge in [-0.1, -0.05) is 34.8 Å². The minimum absolute atomic E-state index is 0. The van der Waals surface area contributed by atoms with E-state index >= 15 is 0 Å². The molecule has 0 aliphatic carbocycles. The van der Waals surface area contributed by atoms with Gasteiger partial charge >= 0.3 is 34.7 Å². The van der Waals surface area contributed by atoms with Crippen LogP contribution in [0.25, 0.3) is 0 Å². The molecule has 0 fully saturated rings. The predicted octanol–water partition coefficient (Wildman–Crippen LogP) is -13.4. The average molecular weight is 602 g/mol. The van der Waals surface area contributed by atoms with Gasteiger partial charge in [0.15, 0.2) is 0 Å². The van der Waals surface area contributed by atoms with Crippen molar-refractivity contribution in [3.63, 3.8) is 0 Å². The number of aliphatic carboxylic acids is 6. The molecule has 0 saturated carbocycles. The summed E-state index contributed by atoms with van der Waals surface area (Å²) in [5.41, 5.74) is 0. The molecule has 0 spiro atoms. The third-order valence-electron chi connectivity index (χ3n) is 2.62. The molecule has 0 aromatic carbocycles. The van der Waals surface area contributed by atoms with E-state index in [4.69, 9.17) is 30.6 Å². The van der Waals surface area contributed by atoms with E-state index in [0.29, 0.717) is 0 Å². The van der Waals surface area contributed by atoms with Crippen molar-refractivity contribution in [2.45, 2.75) is 33.5 Å². The number of carbonyl (C=O) groups is 6. The summed E-state index contributed by atoms with van der Waals surface area (Å²) >= 11 is 13.9. The molecule has 0 aromatic heterocycles. The SMILES string of the molecule is O=C([O-])C(O)C(O)(Cl)C(=O)[O-].O=C([O-])C(O)C(O)(Cl)C(=O)[O-].O=C([O-])C(O)C(O)(Cl)C(=O)[O-].[Al+3].[Al+3]. The molecule has 0 rings (SSSR count). The third kappa shape index (κ3) is 14.0. The first kappa shape index (κ1) is 43.6. The first-order chi connectivity index (χ1) is 14.4. The fraction of sp³-hybridized carbons (Fsp3) is 0.500. The van der Waals surface area contributed by atoms with E-state index in [1.807, 2.05) is 0 Å². The number of carbonyl (C=O) groups excluding carboxylic acids is 6. The van der Waals surface area contributed by atoms with Crippen molar-refractivity contribution in [1.29, 1.82) is 0 Å². The Morgan fingerprint density at radius 1 is 0.486 bits per heavy atom. The summed E-state index contributed by atoms with van der Waals surface area (Å²) in [5, 5.41) is 99.2. The number of hydrogen-bond donors (Lipinski definition) is 6. The number of carboxylic acids is 6. The maximum atomic E-state index is 9.82. The quantitative estimate of drug-likeness (QED) is 0.105. The van der Waals surface area contributed by atoms with Gasteiger partial charge in [-0.3, -0.25) is 0 Å². The van der Waals surface area contributed by atoms with Gasteiger partial charge in [0.25, 0.3) is 0 Å². The number of carboxylic acid groups (broad SMARTS) is 6. The first-order valence-electron chi connectivity index (χ1n) is 6.94. The van der Waals surface area contributed by atoms with Gasteiger partial charge in [-0.2, -0.15) is 0 Å². The van der Waals surface area contributed by atoms with Gasteiger partial charge in [0.05, 0.1) is 35.8 Å². The summed E-state index contributed by atoms with van der Waals surface area (Å²) in [6.45, 7) is 0. The third-order valence-corrected chi connectivity index (χ3v) is 3.70. The molecule has 35 heavy (non-hydrogen) atoms. The molecule has 0 heterocycles. The van der Waals surface area contributed by atoms with Crippen LogP contribution in [0.4, 0.5) is 0 Å². The molecule has 0 aromatic rings. The molecule has 0 radical (unpaired) electrons. The Hall–Kier alpha value is -1.49. The Bertz CT molecular complexity index is 672. The normalized spacial score (nSPS) is 17.4. The van der Waals surface area contributed by atoms with E-state index in [1.54, 1.807) is 0 Å². The fourth-order valence-electron chi connectivity index (χ4n) is 0.803. The second-order valence-electron chi connectivity index (χ2n) is 5.05. The largest absolute Gasteiger partial charge is 3.00 e. The van der Waals surface area contributed by atoms with Crippen LogP contribution in [-0.2, 0) is 28.8 Å². The van der Waals surface area contributed by atoms with Gasteiger partial charge < -0.3 is 90.0 Å². The molecule has 0 bridgehead atoms. The molecule has 6 unspecified atom stereocenters. The van der Waals surface area contributed by atoms with Gasteiger partial charge in [-0.25, -0.2) is 0 Å². The molecule has 0 aliphatic heterocycles. The van der Waals surface area contributed by atoms with Crippen molar-refractivity contribution in [2.75, 3.05) is 0 Å². The monoisotopic (exact) mass is 600 g/mol. The summed E-state index contributed by atoms with van der Waals surface area (Å²) in [6, 6.07) is 0.